The van der Waals surface area contributed by atoms with E-state index in [1.54, 1.807) is 24.3 Å². The topological polar surface area (TPSA) is 126 Å². The molecule has 6 rings (SSSR count). The Morgan fingerprint density at radius 3 is 2.25 bits per heavy atom. The Morgan fingerprint density at radius 1 is 0.857 bits per heavy atom. The van der Waals surface area contributed by atoms with Crippen LogP contribution in [0.4, 0.5) is 0 Å². The Balaban J connectivity index is 1.22. The standard InChI is InChI=1S/C46H67NO9/c1-27(2)13-12-14-28(3)36-19-20-37-35-18-17-33-25-34(21-23-45(33,7)38(35)22-24-46(36,37)8)55-44-40(47-43(51)32-15-10-9-11-16-32)42(54-31(6)50)41(53-30(5)49)39(56-44)26-52-29(4)48/h9-11,15-17,27-28,34-42,44H,12-14,18-26H2,1-8H3,(H,47,51). The lowest BCUT2D eigenvalue weighted by atomic mass is 9.47. The second kappa shape index (κ2) is 17.7. The molecule has 3 saturated carbocycles. The SMILES string of the molecule is CC(=O)OCC1OC(OC2CCC3(C)C(=CCC4C3CCC3(C)C(C(C)CCCC(C)C)CCC43)C2)C(NC(=O)c2ccccc2)C(OC(C)=O)C1OC(C)=O. The van der Waals surface area contributed by atoms with Crippen molar-refractivity contribution in [3.63, 3.8) is 0 Å². The van der Waals surface area contributed by atoms with Gasteiger partial charge in [-0.2, -0.15) is 0 Å². The highest BCUT2D eigenvalue weighted by atomic mass is 16.7. The van der Waals surface area contributed by atoms with Crippen LogP contribution in [-0.4, -0.2) is 67.2 Å². The summed E-state index contributed by atoms with van der Waals surface area (Å²) in [5, 5.41) is 2.99. The van der Waals surface area contributed by atoms with Gasteiger partial charge in [0.25, 0.3) is 5.91 Å². The Labute approximate surface area is 334 Å². The fraction of sp³-hybridized carbons (Fsp3) is 0.739. The van der Waals surface area contributed by atoms with Crippen molar-refractivity contribution >= 4 is 23.8 Å². The molecule has 0 bridgehead atoms. The van der Waals surface area contributed by atoms with E-state index in [0.29, 0.717) is 22.8 Å². The van der Waals surface area contributed by atoms with Crippen LogP contribution in [0.25, 0.3) is 0 Å². The molecule has 13 atom stereocenters. The average Bonchev–Trinajstić information content (AvgIpc) is 3.50. The molecule has 10 heteroatoms. The van der Waals surface area contributed by atoms with Crippen LogP contribution in [0, 0.1) is 46.3 Å². The van der Waals surface area contributed by atoms with Crippen molar-refractivity contribution in [1.82, 2.24) is 5.32 Å². The molecule has 1 aliphatic heterocycles. The van der Waals surface area contributed by atoms with Gasteiger partial charge in [-0.15, -0.1) is 0 Å². The number of benzene rings is 1. The molecule has 310 valence electrons. The van der Waals surface area contributed by atoms with E-state index in [1.807, 2.05) is 6.07 Å². The number of fused-ring (bicyclic) bond motifs is 5. The minimum atomic E-state index is -1.18. The van der Waals surface area contributed by atoms with Gasteiger partial charge in [-0.25, -0.2) is 0 Å². The molecule has 5 aliphatic rings. The number of amides is 1. The molecule has 1 N–H and O–H groups in total. The zero-order chi connectivity index (χ0) is 40.4. The Morgan fingerprint density at radius 2 is 1.57 bits per heavy atom. The van der Waals surface area contributed by atoms with E-state index in [1.165, 1.54) is 71.3 Å². The molecule has 56 heavy (non-hydrogen) atoms. The average molecular weight is 778 g/mol. The minimum Gasteiger partial charge on any atom is -0.463 e. The molecule has 1 aromatic rings. The van der Waals surface area contributed by atoms with Gasteiger partial charge in [0.1, 0.15) is 18.8 Å². The zero-order valence-electron chi connectivity index (χ0n) is 35.1. The van der Waals surface area contributed by atoms with Crippen LogP contribution in [0.3, 0.4) is 0 Å². The Kier molecular flexibility index (Phi) is 13.4. The van der Waals surface area contributed by atoms with Crippen molar-refractivity contribution in [2.24, 2.45) is 46.3 Å². The summed E-state index contributed by atoms with van der Waals surface area (Å²) in [7, 11) is 0. The summed E-state index contributed by atoms with van der Waals surface area (Å²) in [6.07, 6.45) is 10.7. The molecule has 4 fully saturated rings. The maximum absolute atomic E-state index is 13.7. The number of rotatable bonds is 13. The summed E-state index contributed by atoms with van der Waals surface area (Å²) < 4.78 is 30.2. The van der Waals surface area contributed by atoms with Crippen molar-refractivity contribution in [2.75, 3.05) is 6.61 Å². The van der Waals surface area contributed by atoms with Crippen LogP contribution in [0.2, 0.25) is 0 Å². The highest BCUT2D eigenvalue weighted by Gasteiger charge is 2.60. The van der Waals surface area contributed by atoms with Crippen LogP contribution >= 0.6 is 0 Å². The van der Waals surface area contributed by atoms with E-state index < -0.39 is 54.5 Å². The normalized spacial score (nSPS) is 36.9. The zero-order valence-corrected chi connectivity index (χ0v) is 35.1. The van der Waals surface area contributed by atoms with Crippen molar-refractivity contribution < 1.29 is 42.9 Å². The predicted octanol–water partition coefficient (Wildman–Crippen LogP) is 8.36. The van der Waals surface area contributed by atoms with E-state index >= 15 is 0 Å². The summed E-state index contributed by atoms with van der Waals surface area (Å²) in [4.78, 5) is 50.5. The molecule has 1 amide bonds. The van der Waals surface area contributed by atoms with Crippen molar-refractivity contribution in [1.29, 1.82) is 0 Å². The first-order valence-electron chi connectivity index (χ1n) is 21.4. The number of ether oxygens (including phenoxy) is 5. The van der Waals surface area contributed by atoms with Crippen LogP contribution in [0.15, 0.2) is 42.0 Å². The molecular formula is C46H67NO9. The molecule has 0 aromatic heterocycles. The molecule has 0 radical (unpaired) electrons. The van der Waals surface area contributed by atoms with E-state index in [0.717, 1.165) is 49.4 Å². The third-order valence-corrected chi connectivity index (χ3v) is 14.6. The largest absolute Gasteiger partial charge is 0.463 e. The van der Waals surface area contributed by atoms with Gasteiger partial charge in [-0.1, -0.05) is 83.7 Å². The van der Waals surface area contributed by atoms with E-state index in [2.05, 4.69) is 46.0 Å². The molecule has 0 spiro atoms. The van der Waals surface area contributed by atoms with Gasteiger partial charge in [0.15, 0.2) is 18.5 Å². The smallest absolute Gasteiger partial charge is 0.303 e. The number of carbonyl (C=O) groups excluding carboxylic acids is 4. The summed E-state index contributed by atoms with van der Waals surface area (Å²) in [6.45, 7) is 15.8. The highest BCUT2D eigenvalue weighted by molar-refractivity contribution is 5.94. The molecule has 1 saturated heterocycles. The Bertz CT molecular complexity index is 1590. The number of hydrogen-bond donors (Lipinski definition) is 1. The summed E-state index contributed by atoms with van der Waals surface area (Å²) in [5.41, 5.74) is 2.36. The van der Waals surface area contributed by atoms with Crippen LogP contribution in [0.5, 0.6) is 0 Å². The lowest BCUT2D eigenvalue weighted by molar-refractivity contribution is -0.289. The van der Waals surface area contributed by atoms with Crippen LogP contribution < -0.4 is 5.32 Å². The first kappa shape index (κ1) is 42.4. The van der Waals surface area contributed by atoms with Crippen LogP contribution in [0.1, 0.15) is 136 Å². The third kappa shape index (κ3) is 9.06. The van der Waals surface area contributed by atoms with Gasteiger partial charge in [-0.3, -0.25) is 19.2 Å². The van der Waals surface area contributed by atoms with Crippen LogP contribution in [-0.2, 0) is 38.1 Å². The van der Waals surface area contributed by atoms with Gasteiger partial charge in [0.05, 0.1) is 6.10 Å². The number of hydrogen-bond acceptors (Lipinski definition) is 9. The summed E-state index contributed by atoms with van der Waals surface area (Å²) in [5.74, 6) is 2.24. The first-order chi connectivity index (χ1) is 26.6. The number of nitrogens with one attached hydrogen (secondary N) is 1. The molecule has 4 aliphatic carbocycles. The number of allylic oxidation sites excluding steroid dienone is 1. The molecule has 13 unspecified atom stereocenters. The predicted molar refractivity (Wildman–Crippen MR) is 212 cm³/mol. The van der Waals surface area contributed by atoms with Crippen molar-refractivity contribution in [3.05, 3.63) is 47.5 Å². The quantitative estimate of drug-likeness (QED) is 0.119. The second-order valence-corrected chi connectivity index (χ2v) is 18.6. The van der Waals surface area contributed by atoms with E-state index in [9.17, 15) is 19.2 Å². The maximum Gasteiger partial charge on any atom is 0.303 e. The van der Waals surface area contributed by atoms with Gasteiger partial charge >= 0.3 is 17.9 Å². The molecule has 1 heterocycles. The molecule has 10 nitrogen and oxygen atoms in total. The second-order valence-electron chi connectivity index (χ2n) is 18.6. The lowest BCUT2D eigenvalue weighted by Crippen LogP contribution is -2.67. The minimum absolute atomic E-state index is 0.0952. The van der Waals surface area contributed by atoms with Crippen molar-refractivity contribution in [2.45, 2.75) is 163 Å². The fourth-order valence-electron chi connectivity index (χ4n) is 12.0. The van der Waals surface area contributed by atoms with Crippen molar-refractivity contribution in [3.8, 4) is 0 Å². The van der Waals surface area contributed by atoms with Gasteiger partial charge < -0.3 is 29.0 Å². The van der Waals surface area contributed by atoms with E-state index in [4.69, 9.17) is 23.7 Å². The number of esters is 3. The Hall–Kier alpha value is -3.24. The van der Waals surface area contributed by atoms with Gasteiger partial charge in [0.2, 0.25) is 0 Å². The van der Waals surface area contributed by atoms with Gasteiger partial charge in [0, 0.05) is 26.3 Å². The third-order valence-electron chi connectivity index (χ3n) is 14.6. The lowest BCUT2D eigenvalue weighted by Gasteiger charge is -2.58. The number of carbonyl (C=O) groups is 4. The summed E-state index contributed by atoms with van der Waals surface area (Å²) >= 11 is 0. The molecule has 1 aromatic carbocycles. The highest BCUT2D eigenvalue weighted by Crippen LogP contribution is 2.67. The molecular weight excluding hydrogens is 711 g/mol. The van der Waals surface area contributed by atoms with E-state index in [-0.39, 0.29) is 18.1 Å². The first-order valence-corrected chi connectivity index (χ1v) is 21.4. The monoisotopic (exact) mass is 777 g/mol. The fourth-order valence-corrected chi connectivity index (χ4v) is 12.0. The maximum atomic E-state index is 13.7. The van der Waals surface area contributed by atoms with Gasteiger partial charge in [-0.05, 0) is 110 Å². The summed E-state index contributed by atoms with van der Waals surface area (Å²) in [6, 6.07) is 7.66.